The van der Waals surface area contributed by atoms with Crippen LogP contribution in [0.3, 0.4) is 0 Å². The second kappa shape index (κ2) is 9.89. The van der Waals surface area contributed by atoms with E-state index in [4.69, 9.17) is 21.1 Å². The van der Waals surface area contributed by atoms with E-state index in [9.17, 15) is 13.2 Å². The van der Waals surface area contributed by atoms with Crippen molar-refractivity contribution < 1.29 is 22.7 Å². The molecule has 1 N–H and O–H groups in total. The first kappa shape index (κ1) is 25.0. The zero-order valence-electron chi connectivity index (χ0n) is 18.7. The molecule has 0 heterocycles. The first-order valence-corrected chi connectivity index (χ1v) is 11.5. The summed E-state index contributed by atoms with van der Waals surface area (Å²) in [4.78, 5) is 14.3. The number of hydrogen-bond donors (Lipinski definition) is 1. The number of amides is 1. The van der Waals surface area contributed by atoms with Crippen LogP contribution in [-0.2, 0) is 16.4 Å². The van der Waals surface area contributed by atoms with Gasteiger partial charge in [-0.2, -0.15) is 0 Å². The quantitative estimate of drug-likeness (QED) is 0.637. The zero-order chi connectivity index (χ0) is 23.4. The summed E-state index contributed by atoms with van der Waals surface area (Å²) in [6.45, 7) is 5.62. The summed E-state index contributed by atoms with van der Waals surface area (Å²) in [6, 6.07) is 9.84. The minimum Gasteiger partial charge on any atom is -0.493 e. The van der Waals surface area contributed by atoms with Crippen LogP contribution in [0.2, 0.25) is 5.02 Å². The lowest BCUT2D eigenvalue weighted by Crippen LogP contribution is -2.40. The summed E-state index contributed by atoms with van der Waals surface area (Å²) in [5.41, 5.74) is 0.540. The van der Waals surface area contributed by atoms with Crippen molar-refractivity contribution in [3.05, 3.63) is 52.5 Å². The minimum absolute atomic E-state index is 0.0567. The van der Waals surface area contributed by atoms with E-state index in [0.29, 0.717) is 24.5 Å². The Balaban J connectivity index is 2.18. The average Bonchev–Trinajstić information content (AvgIpc) is 2.69. The highest BCUT2D eigenvalue weighted by Gasteiger charge is 2.26. The van der Waals surface area contributed by atoms with E-state index >= 15 is 0 Å². The fourth-order valence-electron chi connectivity index (χ4n) is 2.96. The number of nitrogens with zero attached hydrogens (tertiary/aromatic N) is 1. The lowest BCUT2D eigenvalue weighted by Gasteiger charge is -2.22. The number of sulfonamides is 1. The maximum Gasteiger partial charge on any atom is 0.253 e. The number of carbonyl (C=O) groups is 1. The molecular weight excluding hydrogens is 440 g/mol. The molecule has 0 radical (unpaired) electrons. The fraction of sp³-hybridized carbons (Fsp3) is 0.409. The number of methoxy groups -OCH3 is 2. The van der Waals surface area contributed by atoms with Crippen molar-refractivity contribution in [2.75, 3.05) is 27.8 Å². The molecule has 0 saturated carbocycles. The highest BCUT2D eigenvalue weighted by atomic mass is 35.5. The third-order valence-electron chi connectivity index (χ3n) is 4.44. The van der Waals surface area contributed by atoms with Gasteiger partial charge >= 0.3 is 0 Å². The van der Waals surface area contributed by atoms with Crippen LogP contribution in [0, 0.1) is 0 Å². The van der Waals surface area contributed by atoms with Crippen LogP contribution in [0.25, 0.3) is 0 Å². The minimum atomic E-state index is -3.88. The number of likely N-dealkylation sites (N-methyl/N-ethyl adjacent to an activating group) is 1. The molecule has 170 valence electrons. The number of nitrogens with one attached hydrogen (secondary N) is 1. The molecule has 31 heavy (non-hydrogen) atoms. The third-order valence-corrected chi connectivity index (χ3v) is 6.68. The normalized spacial score (nSPS) is 11.8. The molecule has 0 atom stereocenters. The molecule has 2 rings (SSSR count). The van der Waals surface area contributed by atoms with Crippen molar-refractivity contribution >= 4 is 27.5 Å². The molecule has 0 saturated heterocycles. The van der Waals surface area contributed by atoms with Gasteiger partial charge in [-0.3, -0.25) is 4.79 Å². The first-order valence-electron chi connectivity index (χ1n) is 9.68. The van der Waals surface area contributed by atoms with Crippen LogP contribution >= 0.6 is 11.6 Å². The zero-order valence-corrected chi connectivity index (χ0v) is 20.2. The van der Waals surface area contributed by atoms with Gasteiger partial charge in [0.15, 0.2) is 11.5 Å². The monoisotopic (exact) mass is 468 g/mol. The van der Waals surface area contributed by atoms with Crippen molar-refractivity contribution in [2.24, 2.45) is 0 Å². The van der Waals surface area contributed by atoms with Gasteiger partial charge in [0.25, 0.3) is 5.91 Å². The largest absolute Gasteiger partial charge is 0.493 e. The Bertz CT molecular complexity index is 1050. The molecule has 0 aromatic heterocycles. The summed E-state index contributed by atoms with van der Waals surface area (Å²) in [6.07, 6.45) is 0.590. The van der Waals surface area contributed by atoms with E-state index < -0.39 is 15.6 Å². The molecular formula is C22H29ClN2O5S. The van der Waals surface area contributed by atoms with Crippen molar-refractivity contribution in [1.82, 2.24) is 9.62 Å². The van der Waals surface area contributed by atoms with Crippen LogP contribution in [0.5, 0.6) is 11.5 Å². The first-order chi connectivity index (χ1) is 14.4. The molecule has 2 aromatic carbocycles. The van der Waals surface area contributed by atoms with Crippen LogP contribution < -0.4 is 14.2 Å². The van der Waals surface area contributed by atoms with Gasteiger partial charge < -0.3 is 14.4 Å². The summed E-state index contributed by atoms with van der Waals surface area (Å²) in [5.74, 6) is 0.951. The van der Waals surface area contributed by atoms with Gasteiger partial charge in [0.05, 0.1) is 19.2 Å². The number of benzene rings is 2. The second-order valence-corrected chi connectivity index (χ2v) is 10.2. The number of carbonyl (C=O) groups excluding carboxylic acids is 1. The number of ether oxygens (including phenoxy) is 2. The third kappa shape index (κ3) is 6.59. The fourth-order valence-corrected chi connectivity index (χ4v) is 4.90. The Kier molecular flexibility index (Phi) is 7.97. The predicted octanol–water partition coefficient (Wildman–Crippen LogP) is 3.75. The Morgan fingerprint density at radius 1 is 1.06 bits per heavy atom. The van der Waals surface area contributed by atoms with Gasteiger partial charge in [-0.15, -0.1) is 0 Å². The molecule has 0 fully saturated rings. The average molecular weight is 469 g/mol. The molecule has 0 aliphatic rings. The lowest BCUT2D eigenvalue weighted by molar-refractivity contribution is 0.0796. The van der Waals surface area contributed by atoms with Crippen LogP contribution in [0.15, 0.2) is 41.3 Å². The smallest absolute Gasteiger partial charge is 0.253 e. The van der Waals surface area contributed by atoms with Gasteiger partial charge in [0.2, 0.25) is 10.0 Å². The van der Waals surface area contributed by atoms with Crippen molar-refractivity contribution in [1.29, 1.82) is 0 Å². The standard InChI is InChI=1S/C22H29ClN2O5S/c1-22(2,3)24-31(27,28)20-14-16(8-9-17(20)23)21(26)25(4)12-11-15-7-10-18(29-5)19(13-15)30-6/h7-10,13-14,24H,11-12H2,1-6H3. The van der Waals surface area contributed by atoms with Crippen LogP contribution in [-0.4, -0.2) is 52.6 Å². The molecule has 0 aliphatic heterocycles. The number of rotatable bonds is 8. The SMILES string of the molecule is COc1ccc(CCN(C)C(=O)c2ccc(Cl)c(S(=O)(=O)NC(C)(C)C)c2)cc1OC. The topological polar surface area (TPSA) is 84.9 Å². The van der Waals surface area contributed by atoms with Gasteiger partial charge in [0.1, 0.15) is 4.90 Å². The van der Waals surface area contributed by atoms with E-state index in [-0.39, 0.29) is 21.4 Å². The molecule has 0 spiro atoms. The summed E-state index contributed by atoms with van der Waals surface area (Å²) >= 11 is 6.12. The van der Waals surface area contributed by atoms with E-state index in [2.05, 4.69) is 4.72 Å². The van der Waals surface area contributed by atoms with E-state index in [1.54, 1.807) is 42.0 Å². The Hall–Kier alpha value is -2.29. The Labute approximate surface area is 189 Å². The number of hydrogen-bond acceptors (Lipinski definition) is 5. The van der Waals surface area contributed by atoms with Crippen LogP contribution in [0.1, 0.15) is 36.7 Å². The van der Waals surface area contributed by atoms with E-state index in [1.807, 2.05) is 18.2 Å². The Morgan fingerprint density at radius 3 is 2.29 bits per heavy atom. The summed E-state index contributed by atoms with van der Waals surface area (Å²) < 4.78 is 38.5. The van der Waals surface area contributed by atoms with E-state index in [0.717, 1.165) is 5.56 Å². The van der Waals surface area contributed by atoms with Crippen molar-refractivity contribution in [3.63, 3.8) is 0 Å². The lowest BCUT2D eigenvalue weighted by atomic mass is 10.1. The van der Waals surface area contributed by atoms with Crippen LogP contribution in [0.4, 0.5) is 0 Å². The summed E-state index contributed by atoms with van der Waals surface area (Å²) in [7, 11) is 0.926. The highest BCUT2D eigenvalue weighted by molar-refractivity contribution is 7.89. The van der Waals surface area contributed by atoms with Gasteiger partial charge in [-0.1, -0.05) is 17.7 Å². The molecule has 0 unspecified atom stereocenters. The predicted molar refractivity (Wildman–Crippen MR) is 122 cm³/mol. The van der Waals surface area contributed by atoms with Gasteiger partial charge in [-0.25, -0.2) is 13.1 Å². The van der Waals surface area contributed by atoms with Gasteiger partial charge in [0, 0.05) is 24.7 Å². The van der Waals surface area contributed by atoms with Crippen molar-refractivity contribution in [3.8, 4) is 11.5 Å². The van der Waals surface area contributed by atoms with E-state index in [1.165, 1.54) is 23.1 Å². The molecule has 2 aromatic rings. The maximum atomic E-state index is 12.9. The maximum absolute atomic E-state index is 12.9. The second-order valence-electron chi connectivity index (χ2n) is 8.17. The molecule has 0 aliphatic carbocycles. The molecule has 9 heteroatoms. The molecule has 0 bridgehead atoms. The number of halogens is 1. The Morgan fingerprint density at radius 2 is 1.71 bits per heavy atom. The molecule has 1 amide bonds. The molecule has 7 nitrogen and oxygen atoms in total. The van der Waals surface area contributed by atoms with Gasteiger partial charge in [-0.05, 0) is 63.1 Å². The van der Waals surface area contributed by atoms with Crippen molar-refractivity contribution in [2.45, 2.75) is 37.6 Å². The summed E-state index contributed by atoms with van der Waals surface area (Å²) in [5, 5.41) is 0.0567. The highest BCUT2D eigenvalue weighted by Crippen LogP contribution is 2.28.